The molecule has 0 aliphatic carbocycles. The Kier molecular flexibility index (Phi) is 4.42. The molecule has 1 amide bonds. The van der Waals surface area contributed by atoms with Crippen molar-refractivity contribution < 1.29 is 4.79 Å². The van der Waals surface area contributed by atoms with Gasteiger partial charge in [-0.05, 0) is 50.1 Å². The fraction of sp³-hybridized carbons (Fsp3) is 0.263. The topological polar surface area (TPSA) is 46.9 Å². The molecule has 0 aliphatic heterocycles. The van der Waals surface area contributed by atoms with Crippen molar-refractivity contribution in [2.75, 3.05) is 6.54 Å². The molecule has 0 aliphatic rings. The molecule has 3 rings (SSSR count). The van der Waals surface area contributed by atoms with Gasteiger partial charge in [-0.2, -0.15) is 0 Å². The van der Waals surface area contributed by atoms with Crippen molar-refractivity contribution in [1.82, 2.24) is 14.9 Å². The third kappa shape index (κ3) is 3.42. The summed E-state index contributed by atoms with van der Waals surface area (Å²) >= 11 is 0. The first-order valence-electron chi connectivity index (χ1n) is 7.94. The minimum Gasteiger partial charge on any atom is -0.352 e. The van der Waals surface area contributed by atoms with E-state index in [4.69, 9.17) is 0 Å². The molecule has 4 nitrogen and oxygen atoms in total. The first-order valence-corrected chi connectivity index (χ1v) is 7.94. The number of imidazole rings is 1. The zero-order valence-electron chi connectivity index (χ0n) is 13.5. The normalized spacial score (nSPS) is 11.1. The Labute approximate surface area is 136 Å². The van der Waals surface area contributed by atoms with Crippen LogP contribution in [0.15, 0.2) is 54.9 Å². The first-order chi connectivity index (χ1) is 11.1. The second-order valence-corrected chi connectivity index (χ2v) is 5.94. The number of nitrogens with one attached hydrogen (secondary N) is 1. The Bertz CT molecular complexity index is 806. The van der Waals surface area contributed by atoms with Gasteiger partial charge >= 0.3 is 0 Å². The number of nitrogens with zero attached hydrogens (tertiary/aromatic N) is 2. The highest BCUT2D eigenvalue weighted by Gasteiger charge is 2.07. The van der Waals surface area contributed by atoms with Crippen LogP contribution < -0.4 is 5.32 Å². The lowest BCUT2D eigenvalue weighted by Gasteiger charge is -2.08. The van der Waals surface area contributed by atoms with Crippen molar-refractivity contribution in [2.24, 2.45) is 0 Å². The summed E-state index contributed by atoms with van der Waals surface area (Å²) in [4.78, 5) is 16.5. The summed E-state index contributed by atoms with van der Waals surface area (Å²) in [6.45, 7) is 4.91. The SMILES string of the molecule is CC(C)n1cnc2cc(CCNC(=O)c3ccccc3)ccc21. The van der Waals surface area contributed by atoms with E-state index in [1.165, 1.54) is 5.56 Å². The second-order valence-electron chi connectivity index (χ2n) is 5.94. The summed E-state index contributed by atoms with van der Waals surface area (Å²) < 4.78 is 2.16. The number of fused-ring (bicyclic) bond motifs is 1. The molecule has 2 aromatic carbocycles. The molecule has 0 bridgehead atoms. The Hall–Kier alpha value is -2.62. The van der Waals surface area contributed by atoms with Gasteiger partial charge in [-0.3, -0.25) is 4.79 Å². The summed E-state index contributed by atoms with van der Waals surface area (Å²) in [5.74, 6) is -0.0317. The van der Waals surface area contributed by atoms with Gasteiger partial charge in [0.05, 0.1) is 17.4 Å². The molecule has 1 aromatic heterocycles. The smallest absolute Gasteiger partial charge is 0.251 e. The fourth-order valence-electron chi connectivity index (χ4n) is 2.66. The van der Waals surface area contributed by atoms with Gasteiger partial charge in [0.1, 0.15) is 0 Å². The highest BCUT2D eigenvalue weighted by molar-refractivity contribution is 5.94. The van der Waals surface area contributed by atoms with Crippen molar-refractivity contribution in [1.29, 1.82) is 0 Å². The Balaban J connectivity index is 1.62. The van der Waals surface area contributed by atoms with E-state index in [0.717, 1.165) is 17.5 Å². The maximum absolute atomic E-state index is 12.0. The number of rotatable bonds is 5. The number of amides is 1. The average molecular weight is 307 g/mol. The number of hydrogen-bond acceptors (Lipinski definition) is 2. The van der Waals surface area contributed by atoms with E-state index < -0.39 is 0 Å². The Morgan fingerprint density at radius 2 is 1.96 bits per heavy atom. The van der Waals surface area contributed by atoms with Gasteiger partial charge in [-0.1, -0.05) is 24.3 Å². The van der Waals surface area contributed by atoms with E-state index >= 15 is 0 Å². The van der Waals surface area contributed by atoms with Crippen LogP contribution in [-0.2, 0) is 6.42 Å². The molecule has 0 saturated heterocycles. The molecule has 23 heavy (non-hydrogen) atoms. The van der Waals surface area contributed by atoms with Crippen molar-refractivity contribution in [3.8, 4) is 0 Å². The van der Waals surface area contributed by atoms with Gasteiger partial charge in [0.25, 0.3) is 5.91 Å². The van der Waals surface area contributed by atoms with Gasteiger partial charge in [-0.15, -0.1) is 0 Å². The van der Waals surface area contributed by atoms with Crippen LogP contribution >= 0.6 is 0 Å². The highest BCUT2D eigenvalue weighted by atomic mass is 16.1. The molecular weight excluding hydrogens is 286 g/mol. The highest BCUT2D eigenvalue weighted by Crippen LogP contribution is 2.18. The molecule has 118 valence electrons. The van der Waals surface area contributed by atoms with E-state index in [9.17, 15) is 4.79 Å². The van der Waals surface area contributed by atoms with Crippen LogP contribution in [0.5, 0.6) is 0 Å². The molecule has 1 N–H and O–H groups in total. The van der Waals surface area contributed by atoms with E-state index in [1.54, 1.807) is 0 Å². The molecule has 0 spiro atoms. The molecule has 1 heterocycles. The molecule has 0 atom stereocenters. The lowest BCUT2D eigenvalue weighted by Crippen LogP contribution is -2.25. The Morgan fingerprint density at radius 3 is 2.70 bits per heavy atom. The molecule has 0 unspecified atom stereocenters. The van der Waals surface area contributed by atoms with E-state index in [-0.39, 0.29) is 5.91 Å². The van der Waals surface area contributed by atoms with Crippen molar-refractivity contribution in [2.45, 2.75) is 26.3 Å². The molecule has 0 radical (unpaired) electrons. The molecule has 0 saturated carbocycles. The third-order valence-corrected chi connectivity index (χ3v) is 3.93. The molecule has 4 heteroatoms. The zero-order chi connectivity index (χ0) is 16.2. The minimum atomic E-state index is -0.0317. The number of benzene rings is 2. The summed E-state index contributed by atoms with van der Waals surface area (Å²) in [6.07, 6.45) is 2.68. The monoisotopic (exact) mass is 307 g/mol. The number of aromatic nitrogens is 2. The summed E-state index contributed by atoms with van der Waals surface area (Å²) in [7, 11) is 0. The van der Waals surface area contributed by atoms with E-state index in [0.29, 0.717) is 18.2 Å². The van der Waals surface area contributed by atoms with Gasteiger partial charge in [0, 0.05) is 18.2 Å². The predicted molar refractivity (Wildman–Crippen MR) is 92.6 cm³/mol. The average Bonchev–Trinajstić information content (AvgIpc) is 2.99. The van der Waals surface area contributed by atoms with E-state index in [1.807, 2.05) is 36.7 Å². The van der Waals surface area contributed by atoms with Crippen LogP contribution in [-0.4, -0.2) is 22.0 Å². The summed E-state index contributed by atoms with van der Waals surface area (Å²) in [6, 6.07) is 16.0. The lowest BCUT2D eigenvalue weighted by molar-refractivity contribution is 0.0954. The van der Waals surface area contributed by atoms with E-state index in [2.05, 4.69) is 46.9 Å². The van der Waals surface area contributed by atoms with Crippen LogP contribution in [0.4, 0.5) is 0 Å². The fourth-order valence-corrected chi connectivity index (χ4v) is 2.66. The second kappa shape index (κ2) is 6.65. The minimum absolute atomic E-state index is 0.0317. The van der Waals surface area contributed by atoms with Gasteiger partial charge in [0.2, 0.25) is 0 Å². The van der Waals surface area contributed by atoms with Crippen LogP contribution in [0.25, 0.3) is 11.0 Å². The van der Waals surface area contributed by atoms with Gasteiger partial charge in [0.15, 0.2) is 0 Å². The van der Waals surface area contributed by atoms with Gasteiger partial charge in [-0.25, -0.2) is 4.98 Å². The predicted octanol–water partition coefficient (Wildman–Crippen LogP) is 3.59. The third-order valence-electron chi connectivity index (χ3n) is 3.93. The number of carbonyl (C=O) groups excluding carboxylic acids is 1. The lowest BCUT2D eigenvalue weighted by atomic mass is 10.1. The zero-order valence-corrected chi connectivity index (χ0v) is 13.5. The van der Waals surface area contributed by atoms with Crippen LogP contribution in [0, 0.1) is 0 Å². The quantitative estimate of drug-likeness (QED) is 0.783. The maximum Gasteiger partial charge on any atom is 0.251 e. The van der Waals surface area contributed by atoms with Crippen LogP contribution in [0.3, 0.4) is 0 Å². The molecule has 0 fully saturated rings. The molecule has 3 aromatic rings. The summed E-state index contributed by atoms with van der Waals surface area (Å²) in [5, 5.41) is 2.95. The summed E-state index contributed by atoms with van der Waals surface area (Å²) in [5.41, 5.74) is 4.03. The largest absolute Gasteiger partial charge is 0.352 e. The Morgan fingerprint density at radius 1 is 1.17 bits per heavy atom. The van der Waals surface area contributed by atoms with Crippen LogP contribution in [0.1, 0.15) is 35.8 Å². The van der Waals surface area contributed by atoms with Gasteiger partial charge < -0.3 is 9.88 Å². The first kappa shape index (κ1) is 15.3. The van der Waals surface area contributed by atoms with Crippen molar-refractivity contribution in [3.63, 3.8) is 0 Å². The van der Waals surface area contributed by atoms with Crippen molar-refractivity contribution in [3.05, 3.63) is 66.0 Å². The van der Waals surface area contributed by atoms with Crippen molar-refractivity contribution >= 4 is 16.9 Å². The number of carbonyl (C=O) groups is 1. The maximum atomic E-state index is 12.0. The number of hydrogen-bond donors (Lipinski definition) is 1. The molecular formula is C19H21N3O. The standard InChI is InChI=1S/C19H21N3O/c1-14(2)22-13-21-17-12-15(8-9-18(17)22)10-11-20-19(23)16-6-4-3-5-7-16/h3-9,12-14H,10-11H2,1-2H3,(H,20,23). The van der Waals surface area contributed by atoms with Crippen LogP contribution in [0.2, 0.25) is 0 Å².